The van der Waals surface area contributed by atoms with E-state index < -0.39 is 12.9 Å². The van der Waals surface area contributed by atoms with E-state index in [-0.39, 0.29) is 26.7 Å². The molecule has 0 bridgehead atoms. The molecule has 0 aromatic heterocycles. The van der Waals surface area contributed by atoms with Gasteiger partial charge in [-0.2, -0.15) is 0 Å². The Bertz CT molecular complexity index is 280. The number of alkyl halides is 1. The Hall–Kier alpha value is -0.135. The van der Waals surface area contributed by atoms with Crippen LogP contribution in [-0.4, -0.2) is 22.1 Å². The molecule has 1 aromatic carbocycles. The summed E-state index contributed by atoms with van der Waals surface area (Å²) in [5, 5.41) is 17.5. The standard InChI is InChI=1S/C7H8BFIO2/c1-10-5-2-3-7(9)6(4-5)8(11)12/h2-4,11-12H,1H3/q-1. The number of rotatable bonds is 2. The van der Waals surface area contributed by atoms with Gasteiger partial charge < -0.3 is 0 Å². The van der Waals surface area contributed by atoms with E-state index in [1.54, 1.807) is 6.07 Å². The molecule has 0 heterocycles. The third-order valence-electron chi connectivity index (χ3n) is 1.45. The van der Waals surface area contributed by atoms with Crippen molar-refractivity contribution in [3.63, 3.8) is 0 Å². The molecule has 0 aliphatic heterocycles. The molecule has 0 fully saturated rings. The fourth-order valence-corrected chi connectivity index (χ4v) is 2.02. The molecule has 0 aliphatic carbocycles. The van der Waals surface area contributed by atoms with Gasteiger partial charge in [0.1, 0.15) is 0 Å². The van der Waals surface area contributed by atoms with Gasteiger partial charge in [-0.15, -0.1) is 0 Å². The SMILES string of the molecule is C[I-]c1ccc(F)c(B(O)O)c1. The number of hydrogen-bond acceptors (Lipinski definition) is 2. The van der Waals surface area contributed by atoms with Crippen molar-refractivity contribution in [3.8, 4) is 0 Å². The van der Waals surface area contributed by atoms with Crippen LogP contribution < -0.4 is 26.7 Å². The normalized spacial score (nSPS) is 10.3. The minimum absolute atomic E-state index is 0.0333. The molecule has 12 heavy (non-hydrogen) atoms. The molecule has 2 nitrogen and oxygen atoms in total. The van der Waals surface area contributed by atoms with E-state index in [0.29, 0.717) is 0 Å². The molecule has 0 radical (unpaired) electrons. The topological polar surface area (TPSA) is 40.5 Å². The Morgan fingerprint density at radius 1 is 1.42 bits per heavy atom. The molecule has 5 heteroatoms. The number of hydrogen-bond donors (Lipinski definition) is 2. The van der Waals surface area contributed by atoms with Crippen LogP contribution in [-0.2, 0) is 0 Å². The molecule has 1 aromatic rings. The van der Waals surface area contributed by atoms with Gasteiger partial charge in [-0.25, -0.2) is 0 Å². The zero-order valence-corrected chi connectivity index (χ0v) is 8.62. The molecule has 1 rings (SSSR count). The van der Waals surface area contributed by atoms with Gasteiger partial charge >= 0.3 is 80.7 Å². The first-order valence-corrected chi connectivity index (χ1v) is 6.54. The first-order chi connectivity index (χ1) is 5.65. The van der Waals surface area contributed by atoms with E-state index >= 15 is 0 Å². The Kier molecular flexibility index (Phi) is 3.48. The van der Waals surface area contributed by atoms with Crippen molar-refractivity contribution in [2.75, 3.05) is 4.93 Å². The van der Waals surface area contributed by atoms with Crippen LogP contribution in [0.15, 0.2) is 18.2 Å². The molecular formula is C7H8BFIO2-. The van der Waals surface area contributed by atoms with Crippen molar-refractivity contribution < 1.29 is 35.6 Å². The predicted octanol–water partition coefficient (Wildman–Crippen LogP) is -3.61. The Morgan fingerprint density at radius 3 is 2.58 bits per heavy atom. The second-order valence-electron chi connectivity index (χ2n) is 2.23. The predicted molar refractivity (Wildman–Crippen MR) is 40.8 cm³/mol. The van der Waals surface area contributed by atoms with Crippen LogP contribution >= 0.6 is 0 Å². The average molecular weight is 281 g/mol. The first kappa shape index (κ1) is 9.95. The summed E-state index contributed by atoms with van der Waals surface area (Å²) in [6.45, 7) is 0. The molecule has 0 saturated heterocycles. The van der Waals surface area contributed by atoms with Gasteiger partial charge in [0.2, 0.25) is 0 Å². The van der Waals surface area contributed by atoms with Crippen LogP contribution in [0.25, 0.3) is 0 Å². The molecule has 66 valence electrons. The molecule has 0 unspecified atom stereocenters. The van der Waals surface area contributed by atoms with Gasteiger partial charge in [0.05, 0.1) is 0 Å². The van der Waals surface area contributed by atoms with Crippen molar-refractivity contribution in [2.45, 2.75) is 0 Å². The Balaban J connectivity index is 3.08. The van der Waals surface area contributed by atoms with Crippen LogP contribution in [0.2, 0.25) is 0 Å². The van der Waals surface area contributed by atoms with Crippen LogP contribution in [0, 0.1) is 9.39 Å². The molecule has 0 atom stereocenters. The van der Waals surface area contributed by atoms with Gasteiger partial charge in [0.15, 0.2) is 0 Å². The zero-order valence-electron chi connectivity index (χ0n) is 6.46. The molecule has 0 saturated carbocycles. The summed E-state index contributed by atoms with van der Waals surface area (Å²) in [5.41, 5.74) is -0.0333. The molecule has 0 aliphatic rings. The fourth-order valence-electron chi connectivity index (χ4n) is 0.830. The van der Waals surface area contributed by atoms with E-state index in [0.717, 1.165) is 3.57 Å². The first-order valence-electron chi connectivity index (χ1n) is 3.30. The monoisotopic (exact) mass is 281 g/mol. The molecule has 0 amide bonds. The maximum absolute atomic E-state index is 12.8. The van der Waals surface area contributed by atoms with E-state index in [9.17, 15) is 4.39 Å². The number of halogens is 2. The van der Waals surface area contributed by atoms with Gasteiger partial charge in [0, 0.05) is 0 Å². The van der Waals surface area contributed by atoms with Crippen molar-refractivity contribution in [2.24, 2.45) is 0 Å². The van der Waals surface area contributed by atoms with Crippen LogP contribution in [0.4, 0.5) is 4.39 Å². The van der Waals surface area contributed by atoms with Crippen LogP contribution in [0.1, 0.15) is 0 Å². The summed E-state index contributed by atoms with van der Waals surface area (Å²) in [7, 11) is -1.71. The summed E-state index contributed by atoms with van der Waals surface area (Å²) >= 11 is -0.135. The summed E-state index contributed by atoms with van der Waals surface area (Å²) in [6.07, 6.45) is 0. The van der Waals surface area contributed by atoms with Gasteiger partial charge in [-0.3, -0.25) is 0 Å². The quantitative estimate of drug-likeness (QED) is 0.334. The second kappa shape index (κ2) is 4.20. The number of benzene rings is 1. The van der Waals surface area contributed by atoms with E-state index in [1.165, 1.54) is 12.1 Å². The van der Waals surface area contributed by atoms with Crippen molar-refractivity contribution in [3.05, 3.63) is 27.6 Å². The molecule has 2 N–H and O–H groups in total. The van der Waals surface area contributed by atoms with Gasteiger partial charge in [0.25, 0.3) is 0 Å². The third-order valence-corrected chi connectivity index (χ3v) is 3.37. The third kappa shape index (κ3) is 2.18. The second-order valence-corrected chi connectivity index (χ2v) is 4.55. The van der Waals surface area contributed by atoms with E-state index in [1.807, 2.05) is 4.93 Å². The fraction of sp³-hybridized carbons (Fsp3) is 0.143. The Morgan fingerprint density at radius 2 is 2.08 bits per heavy atom. The van der Waals surface area contributed by atoms with E-state index in [4.69, 9.17) is 10.0 Å². The van der Waals surface area contributed by atoms with Gasteiger partial charge in [-0.1, -0.05) is 0 Å². The van der Waals surface area contributed by atoms with Crippen molar-refractivity contribution >= 4 is 12.6 Å². The molecule has 0 spiro atoms. The van der Waals surface area contributed by atoms with Crippen LogP contribution in [0.5, 0.6) is 0 Å². The minimum atomic E-state index is -1.71. The Labute approximate surface area is 80.8 Å². The van der Waals surface area contributed by atoms with Gasteiger partial charge in [-0.05, 0) is 0 Å². The summed E-state index contributed by atoms with van der Waals surface area (Å²) in [4.78, 5) is 2.03. The van der Waals surface area contributed by atoms with Crippen molar-refractivity contribution in [1.82, 2.24) is 0 Å². The van der Waals surface area contributed by atoms with E-state index in [2.05, 4.69) is 0 Å². The average Bonchev–Trinajstić information content (AvgIpc) is 2.05. The zero-order chi connectivity index (χ0) is 9.14. The summed E-state index contributed by atoms with van der Waals surface area (Å²) in [5.74, 6) is -0.564. The van der Waals surface area contributed by atoms with Crippen molar-refractivity contribution in [1.29, 1.82) is 0 Å². The van der Waals surface area contributed by atoms with Crippen LogP contribution in [0.3, 0.4) is 0 Å². The maximum atomic E-state index is 12.8. The summed E-state index contributed by atoms with van der Waals surface area (Å²) in [6, 6.07) is 4.45. The summed E-state index contributed by atoms with van der Waals surface area (Å²) < 4.78 is 13.8. The molecular weight excluding hydrogens is 273 g/mol.